The number of nitrogens with one attached hydrogen (secondary N) is 1. The summed E-state index contributed by atoms with van der Waals surface area (Å²) in [5.74, 6) is 1.17. The van der Waals surface area contributed by atoms with E-state index in [1.54, 1.807) is 9.42 Å². The van der Waals surface area contributed by atoms with E-state index in [9.17, 15) is 4.79 Å². The standard InChI is InChI=1S/C25H27N9O/c1-14-9-18(33(12-14)25(35)23-28-13-29-32-23)7-8-20-21(16-5-6-16)22(26)34-24(31-20)19(11-30-34)17-4-3-15(2)27-10-17/h3-4,10-13,16,18H,5-9,26H2,1-2H3,(H,28,29,32)/t18-/m0/s1. The van der Waals surface area contributed by atoms with Gasteiger partial charge in [-0.05, 0) is 57.9 Å². The highest BCUT2D eigenvalue weighted by molar-refractivity contribution is 5.91. The lowest BCUT2D eigenvalue weighted by Crippen LogP contribution is -2.34. The lowest BCUT2D eigenvalue weighted by molar-refractivity contribution is 0.0767. The number of aromatic nitrogens is 7. The first kappa shape index (κ1) is 21.5. The first-order valence-electron chi connectivity index (χ1n) is 11.9. The van der Waals surface area contributed by atoms with Crippen LogP contribution < -0.4 is 5.73 Å². The third-order valence-corrected chi connectivity index (χ3v) is 6.88. The van der Waals surface area contributed by atoms with Crippen molar-refractivity contribution in [2.75, 3.05) is 5.73 Å². The number of amides is 1. The Bertz CT molecular complexity index is 1430. The molecule has 0 unspecified atom stereocenters. The zero-order valence-corrected chi connectivity index (χ0v) is 19.8. The summed E-state index contributed by atoms with van der Waals surface area (Å²) < 4.78 is 1.76. The molecule has 10 heteroatoms. The van der Waals surface area contributed by atoms with Gasteiger partial charge < -0.3 is 10.6 Å². The van der Waals surface area contributed by atoms with Gasteiger partial charge in [0.05, 0.1) is 11.9 Å². The number of rotatable bonds is 6. The molecule has 10 nitrogen and oxygen atoms in total. The molecule has 178 valence electrons. The highest BCUT2D eigenvalue weighted by atomic mass is 16.2. The van der Waals surface area contributed by atoms with Gasteiger partial charge in [-0.1, -0.05) is 11.6 Å². The summed E-state index contributed by atoms with van der Waals surface area (Å²) in [5, 5.41) is 11.1. The van der Waals surface area contributed by atoms with Crippen LogP contribution in [0.5, 0.6) is 0 Å². The fraction of sp³-hybridized carbons (Fsp3) is 0.360. The topological polar surface area (TPSA) is 131 Å². The summed E-state index contributed by atoms with van der Waals surface area (Å²) in [6.07, 6.45) is 11.5. The van der Waals surface area contributed by atoms with Crippen LogP contribution in [0.2, 0.25) is 0 Å². The summed E-state index contributed by atoms with van der Waals surface area (Å²) in [6.45, 7) is 4.01. The Morgan fingerprint density at radius 1 is 1.20 bits per heavy atom. The Hall–Kier alpha value is -4.08. The van der Waals surface area contributed by atoms with Crippen molar-refractivity contribution in [2.45, 2.75) is 57.9 Å². The number of hydrogen-bond donors (Lipinski definition) is 2. The van der Waals surface area contributed by atoms with E-state index in [1.165, 1.54) is 6.33 Å². The molecule has 6 rings (SSSR count). The molecule has 0 radical (unpaired) electrons. The first-order chi connectivity index (χ1) is 17.0. The van der Waals surface area contributed by atoms with E-state index in [-0.39, 0.29) is 17.8 Å². The highest BCUT2D eigenvalue weighted by Gasteiger charge is 2.33. The van der Waals surface area contributed by atoms with Crippen LogP contribution in [0.25, 0.3) is 16.8 Å². The number of nitrogens with zero attached hydrogens (tertiary/aromatic N) is 7. The maximum atomic E-state index is 13.0. The van der Waals surface area contributed by atoms with E-state index >= 15 is 0 Å². The first-order valence-corrected chi connectivity index (χ1v) is 11.9. The summed E-state index contributed by atoms with van der Waals surface area (Å²) in [6, 6.07) is 4.05. The van der Waals surface area contributed by atoms with E-state index in [4.69, 9.17) is 10.7 Å². The Balaban J connectivity index is 1.33. The predicted molar refractivity (Wildman–Crippen MR) is 130 cm³/mol. The Kier molecular flexibility index (Phi) is 5.09. The minimum Gasteiger partial charge on any atom is -0.383 e. The average molecular weight is 470 g/mol. The van der Waals surface area contributed by atoms with Gasteiger partial charge in [-0.15, -0.1) is 0 Å². The molecule has 0 bridgehead atoms. The van der Waals surface area contributed by atoms with Crippen molar-refractivity contribution in [1.82, 2.24) is 39.7 Å². The van der Waals surface area contributed by atoms with Crippen LogP contribution in [0.15, 0.2) is 42.6 Å². The lowest BCUT2D eigenvalue weighted by atomic mass is 10.00. The van der Waals surface area contributed by atoms with Gasteiger partial charge in [-0.3, -0.25) is 14.9 Å². The molecule has 0 spiro atoms. The van der Waals surface area contributed by atoms with Crippen LogP contribution in [0, 0.1) is 6.92 Å². The molecule has 4 aromatic rings. The molecular formula is C25H27N9O. The second-order valence-corrected chi connectivity index (χ2v) is 9.53. The van der Waals surface area contributed by atoms with Crippen LogP contribution in [-0.2, 0) is 6.42 Å². The van der Waals surface area contributed by atoms with E-state index in [0.717, 1.165) is 71.4 Å². The third kappa shape index (κ3) is 3.84. The monoisotopic (exact) mass is 469 g/mol. The highest BCUT2D eigenvalue weighted by Crippen LogP contribution is 2.45. The quantitative estimate of drug-likeness (QED) is 0.442. The zero-order chi connectivity index (χ0) is 24.1. The van der Waals surface area contributed by atoms with E-state index in [2.05, 4.69) is 25.3 Å². The van der Waals surface area contributed by atoms with Gasteiger partial charge in [0.1, 0.15) is 12.1 Å². The van der Waals surface area contributed by atoms with Crippen LogP contribution >= 0.6 is 0 Å². The van der Waals surface area contributed by atoms with Crippen LogP contribution in [0.1, 0.15) is 66.1 Å². The molecule has 4 aromatic heterocycles. The second kappa shape index (κ2) is 8.30. The number of fused-ring (bicyclic) bond motifs is 1. The van der Waals surface area contributed by atoms with Crippen molar-refractivity contribution >= 4 is 17.4 Å². The molecule has 1 saturated carbocycles. The van der Waals surface area contributed by atoms with Gasteiger partial charge in [0.2, 0.25) is 5.82 Å². The summed E-state index contributed by atoms with van der Waals surface area (Å²) in [7, 11) is 0. The Morgan fingerprint density at radius 3 is 2.77 bits per heavy atom. The van der Waals surface area contributed by atoms with Crippen molar-refractivity contribution in [1.29, 1.82) is 0 Å². The van der Waals surface area contributed by atoms with Gasteiger partial charge >= 0.3 is 0 Å². The summed E-state index contributed by atoms with van der Waals surface area (Å²) in [4.78, 5) is 28.3. The lowest BCUT2D eigenvalue weighted by Gasteiger charge is -2.23. The summed E-state index contributed by atoms with van der Waals surface area (Å²) in [5.41, 5.74) is 13.5. The van der Waals surface area contributed by atoms with Crippen molar-refractivity contribution in [2.24, 2.45) is 0 Å². The molecule has 1 fully saturated rings. The van der Waals surface area contributed by atoms with Gasteiger partial charge in [0.15, 0.2) is 5.65 Å². The number of nitrogens with two attached hydrogens (primary N) is 1. The Morgan fingerprint density at radius 2 is 2.06 bits per heavy atom. The molecule has 0 saturated heterocycles. The SMILES string of the molecule is CC1=CN(C(=O)c2ncn[nH]2)[C@@H](CCc2nc3c(-c4ccc(C)nc4)cnn3c(N)c2C2CC2)C1. The fourth-order valence-corrected chi connectivity index (χ4v) is 4.98. The van der Waals surface area contributed by atoms with Crippen molar-refractivity contribution in [3.8, 4) is 11.1 Å². The molecule has 1 aliphatic carbocycles. The van der Waals surface area contributed by atoms with Gasteiger partial charge in [-0.25, -0.2) is 9.97 Å². The minimum atomic E-state index is -0.167. The van der Waals surface area contributed by atoms with E-state index < -0.39 is 0 Å². The van der Waals surface area contributed by atoms with E-state index in [1.807, 2.05) is 44.6 Å². The normalized spacial score (nSPS) is 17.8. The number of aryl methyl sites for hydroxylation is 2. The summed E-state index contributed by atoms with van der Waals surface area (Å²) >= 11 is 0. The van der Waals surface area contributed by atoms with Gasteiger partial charge in [0.25, 0.3) is 5.91 Å². The fourth-order valence-electron chi connectivity index (χ4n) is 4.98. The van der Waals surface area contributed by atoms with E-state index in [0.29, 0.717) is 11.7 Å². The number of carbonyl (C=O) groups excluding carboxylic acids is 1. The van der Waals surface area contributed by atoms with Gasteiger partial charge in [-0.2, -0.15) is 14.7 Å². The second-order valence-electron chi connectivity index (χ2n) is 9.53. The molecule has 3 N–H and O–H groups in total. The molecule has 5 heterocycles. The van der Waals surface area contributed by atoms with Crippen LogP contribution in [-0.4, -0.2) is 51.6 Å². The number of anilines is 1. The maximum absolute atomic E-state index is 13.0. The van der Waals surface area contributed by atoms with Gasteiger partial charge in [0, 0.05) is 40.8 Å². The molecule has 1 amide bonds. The van der Waals surface area contributed by atoms with Crippen molar-refractivity contribution in [3.63, 3.8) is 0 Å². The molecule has 1 atom stereocenters. The zero-order valence-electron chi connectivity index (χ0n) is 19.8. The molecule has 35 heavy (non-hydrogen) atoms. The van der Waals surface area contributed by atoms with Crippen LogP contribution in [0.4, 0.5) is 5.82 Å². The third-order valence-electron chi connectivity index (χ3n) is 6.88. The molecule has 1 aliphatic heterocycles. The number of nitrogen functional groups attached to an aromatic ring is 1. The number of aromatic amines is 1. The Labute approximate surface area is 202 Å². The number of carbonyl (C=O) groups is 1. The van der Waals surface area contributed by atoms with Crippen molar-refractivity contribution in [3.05, 3.63) is 65.4 Å². The number of hydrogen-bond acceptors (Lipinski definition) is 7. The molecule has 2 aliphatic rings. The molecular weight excluding hydrogens is 442 g/mol. The molecule has 0 aromatic carbocycles. The predicted octanol–water partition coefficient (Wildman–Crippen LogP) is 3.43. The largest absolute Gasteiger partial charge is 0.383 e. The average Bonchev–Trinajstić information content (AvgIpc) is 3.23. The smallest absolute Gasteiger partial charge is 0.295 e. The maximum Gasteiger partial charge on any atom is 0.295 e. The minimum absolute atomic E-state index is 0.0320. The number of H-pyrrole nitrogens is 1. The number of pyridine rings is 1. The van der Waals surface area contributed by atoms with Crippen LogP contribution in [0.3, 0.4) is 0 Å². The van der Waals surface area contributed by atoms with Crippen molar-refractivity contribution < 1.29 is 4.79 Å².